The molecular weight excluding hydrogens is 385 g/mol. The van der Waals surface area contributed by atoms with E-state index in [2.05, 4.69) is 5.32 Å². The molecule has 0 saturated carbocycles. The zero-order chi connectivity index (χ0) is 21.3. The fraction of sp³-hybridized carbons (Fsp3) is 0.524. The van der Waals surface area contributed by atoms with Crippen LogP contribution in [0.1, 0.15) is 37.3 Å². The number of hydrogen-bond donors (Lipinski definition) is 1. The SMILES string of the molecule is CCOCCCNC(=O)C1CCN(C(=O)/C=C/c2cccc(C(F)(F)F)c2)CC1. The fourth-order valence-electron chi connectivity index (χ4n) is 3.13. The number of likely N-dealkylation sites (tertiary alicyclic amines) is 1. The minimum Gasteiger partial charge on any atom is -0.382 e. The summed E-state index contributed by atoms with van der Waals surface area (Å²) in [4.78, 5) is 26.1. The zero-order valence-corrected chi connectivity index (χ0v) is 16.5. The van der Waals surface area contributed by atoms with Gasteiger partial charge in [0.15, 0.2) is 0 Å². The molecule has 29 heavy (non-hydrogen) atoms. The van der Waals surface area contributed by atoms with E-state index in [4.69, 9.17) is 4.74 Å². The van der Waals surface area contributed by atoms with Gasteiger partial charge in [-0.3, -0.25) is 9.59 Å². The molecule has 0 radical (unpaired) electrons. The first kappa shape index (κ1) is 22.9. The molecule has 2 rings (SSSR count). The Hall–Kier alpha value is -2.35. The van der Waals surface area contributed by atoms with E-state index in [1.807, 2.05) is 6.92 Å². The minimum atomic E-state index is -4.42. The Labute approximate surface area is 168 Å². The van der Waals surface area contributed by atoms with Crippen LogP contribution in [0.25, 0.3) is 6.08 Å². The quantitative estimate of drug-likeness (QED) is 0.525. The maximum absolute atomic E-state index is 12.8. The summed E-state index contributed by atoms with van der Waals surface area (Å²) >= 11 is 0. The van der Waals surface area contributed by atoms with Crippen molar-refractivity contribution in [1.29, 1.82) is 0 Å². The Morgan fingerprint density at radius 1 is 1.28 bits per heavy atom. The Morgan fingerprint density at radius 2 is 2.00 bits per heavy atom. The summed E-state index contributed by atoms with van der Waals surface area (Å²) in [6.07, 6.45) is 0.149. The van der Waals surface area contributed by atoms with Crippen LogP contribution in [-0.2, 0) is 20.5 Å². The predicted octanol–water partition coefficient (Wildman–Crippen LogP) is 3.50. The van der Waals surface area contributed by atoms with Crippen LogP contribution in [0, 0.1) is 5.92 Å². The number of ether oxygens (including phenoxy) is 1. The summed E-state index contributed by atoms with van der Waals surface area (Å²) in [5.41, 5.74) is -0.435. The number of carbonyl (C=O) groups is 2. The van der Waals surface area contributed by atoms with E-state index in [9.17, 15) is 22.8 Å². The molecule has 1 saturated heterocycles. The van der Waals surface area contributed by atoms with E-state index < -0.39 is 11.7 Å². The summed E-state index contributed by atoms with van der Waals surface area (Å²) in [7, 11) is 0. The van der Waals surface area contributed by atoms with Crippen molar-refractivity contribution in [3.63, 3.8) is 0 Å². The Balaban J connectivity index is 1.78. The molecule has 0 bridgehead atoms. The number of benzene rings is 1. The molecule has 0 aromatic heterocycles. The first-order valence-corrected chi connectivity index (χ1v) is 9.81. The molecule has 1 N–H and O–H groups in total. The molecular formula is C21H27F3N2O3. The topological polar surface area (TPSA) is 58.6 Å². The van der Waals surface area contributed by atoms with Crippen LogP contribution < -0.4 is 5.32 Å². The van der Waals surface area contributed by atoms with Crippen molar-refractivity contribution in [2.24, 2.45) is 5.92 Å². The second-order valence-corrected chi connectivity index (χ2v) is 6.90. The predicted molar refractivity (Wildman–Crippen MR) is 104 cm³/mol. The third-order valence-corrected chi connectivity index (χ3v) is 4.78. The first-order valence-electron chi connectivity index (χ1n) is 9.81. The highest BCUT2D eigenvalue weighted by molar-refractivity contribution is 5.92. The maximum atomic E-state index is 12.8. The van der Waals surface area contributed by atoms with Crippen molar-refractivity contribution in [3.05, 3.63) is 41.5 Å². The number of rotatable bonds is 8. The minimum absolute atomic E-state index is 0.00638. The van der Waals surface area contributed by atoms with Crippen molar-refractivity contribution >= 4 is 17.9 Å². The van der Waals surface area contributed by atoms with Gasteiger partial charge in [-0.15, -0.1) is 0 Å². The lowest BCUT2D eigenvalue weighted by atomic mass is 9.95. The number of nitrogens with one attached hydrogen (secondary N) is 1. The summed E-state index contributed by atoms with van der Waals surface area (Å²) in [5.74, 6) is -0.398. The van der Waals surface area contributed by atoms with Gasteiger partial charge in [0.1, 0.15) is 0 Å². The molecule has 5 nitrogen and oxygen atoms in total. The molecule has 0 atom stereocenters. The van der Waals surface area contributed by atoms with Crippen LogP contribution in [-0.4, -0.2) is 49.6 Å². The molecule has 1 aliphatic heterocycles. The first-order chi connectivity index (χ1) is 13.8. The van der Waals surface area contributed by atoms with Crippen molar-refractivity contribution in [2.75, 3.05) is 32.8 Å². The highest BCUT2D eigenvalue weighted by atomic mass is 19.4. The third-order valence-electron chi connectivity index (χ3n) is 4.78. The number of hydrogen-bond acceptors (Lipinski definition) is 3. The molecule has 0 unspecified atom stereocenters. The van der Waals surface area contributed by atoms with Crippen LogP contribution in [0.15, 0.2) is 30.3 Å². The van der Waals surface area contributed by atoms with Crippen LogP contribution in [0.4, 0.5) is 13.2 Å². The highest BCUT2D eigenvalue weighted by Gasteiger charge is 2.30. The largest absolute Gasteiger partial charge is 0.416 e. The number of alkyl halides is 3. The number of halogens is 3. The molecule has 0 aliphatic carbocycles. The van der Waals surface area contributed by atoms with Crippen LogP contribution in [0.5, 0.6) is 0 Å². The van der Waals surface area contributed by atoms with Gasteiger partial charge in [-0.25, -0.2) is 0 Å². The van der Waals surface area contributed by atoms with Gasteiger partial charge in [-0.1, -0.05) is 12.1 Å². The van der Waals surface area contributed by atoms with Gasteiger partial charge < -0.3 is 15.0 Å². The summed E-state index contributed by atoms with van der Waals surface area (Å²) in [5, 5.41) is 2.89. The van der Waals surface area contributed by atoms with Gasteiger partial charge in [0.05, 0.1) is 5.56 Å². The van der Waals surface area contributed by atoms with Gasteiger partial charge in [0, 0.05) is 44.8 Å². The lowest BCUT2D eigenvalue weighted by Crippen LogP contribution is -2.42. The molecule has 1 heterocycles. The standard InChI is InChI=1S/C21H27F3N2O3/c1-2-29-14-4-11-25-20(28)17-9-12-26(13-10-17)19(27)8-7-16-5-3-6-18(15-16)21(22,23)24/h3,5-8,15,17H,2,4,9-14H2,1H3,(H,25,28)/b8-7+. The Bertz CT molecular complexity index is 711. The van der Waals surface area contributed by atoms with Crippen molar-refractivity contribution in [2.45, 2.75) is 32.4 Å². The van der Waals surface area contributed by atoms with Gasteiger partial charge in [-0.2, -0.15) is 13.2 Å². The molecule has 2 amide bonds. The van der Waals surface area contributed by atoms with Gasteiger partial charge in [0.2, 0.25) is 11.8 Å². The maximum Gasteiger partial charge on any atom is 0.416 e. The monoisotopic (exact) mass is 412 g/mol. The molecule has 160 valence electrons. The summed E-state index contributed by atoms with van der Waals surface area (Å²) < 4.78 is 43.5. The average molecular weight is 412 g/mol. The second kappa shape index (κ2) is 11.0. The second-order valence-electron chi connectivity index (χ2n) is 6.90. The number of carbonyl (C=O) groups excluding carboxylic acids is 2. The van der Waals surface area contributed by atoms with E-state index in [0.717, 1.165) is 18.6 Å². The Morgan fingerprint density at radius 3 is 2.66 bits per heavy atom. The van der Waals surface area contributed by atoms with E-state index in [0.29, 0.717) is 51.3 Å². The normalized spacial score (nSPS) is 15.7. The van der Waals surface area contributed by atoms with Crippen molar-refractivity contribution in [1.82, 2.24) is 10.2 Å². The lowest BCUT2D eigenvalue weighted by Gasteiger charge is -2.30. The molecule has 1 aliphatic rings. The third kappa shape index (κ3) is 7.53. The van der Waals surface area contributed by atoms with E-state index in [1.165, 1.54) is 24.3 Å². The smallest absolute Gasteiger partial charge is 0.382 e. The van der Waals surface area contributed by atoms with E-state index >= 15 is 0 Å². The lowest BCUT2D eigenvalue weighted by molar-refractivity contribution is -0.137. The van der Waals surface area contributed by atoms with E-state index in [-0.39, 0.29) is 17.7 Å². The zero-order valence-electron chi connectivity index (χ0n) is 16.5. The number of amides is 2. The highest BCUT2D eigenvalue weighted by Crippen LogP contribution is 2.29. The van der Waals surface area contributed by atoms with Crippen LogP contribution >= 0.6 is 0 Å². The van der Waals surface area contributed by atoms with Gasteiger partial charge in [-0.05, 0) is 50.0 Å². The summed E-state index contributed by atoms with van der Waals surface area (Å²) in [6.45, 7) is 4.65. The van der Waals surface area contributed by atoms with Gasteiger partial charge in [0.25, 0.3) is 0 Å². The molecule has 1 aromatic carbocycles. The average Bonchev–Trinajstić information content (AvgIpc) is 2.71. The van der Waals surface area contributed by atoms with E-state index in [1.54, 1.807) is 4.90 Å². The number of piperidine rings is 1. The van der Waals surface area contributed by atoms with Crippen molar-refractivity contribution in [3.8, 4) is 0 Å². The van der Waals surface area contributed by atoms with Crippen LogP contribution in [0.3, 0.4) is 0 Å². The summed E-state index contributed by atoms with van der Waals surface area (Å²) in [6, 6.07) is 4.82. The van der Waals surface area contributed by atoms with Crippen molar-refractivity contribution < 1.29 is 27.5 Å². The van der Waals surface area contributed by atoms with Crippen LogP contribution in [0.2, 0.25) is 0 Å². The molecule has 0 spiro atoms. The van der Waals surface area contributed by atoms with Gasteiger partial charge >= 0.3 is 6.18 Å². The molecule has 1 fully saturated rings. The molecule has 1 aromatic rings. The Kier molecular flexibility index (Phi) is 8.70. The molecule has 8 heteroatoms. The number of nitrogens with zero attached hydrogens (tertiary/aromatic N) is 1. The fourth-order valence-corrected chi connectivity index (χ4v) is 3.13.